The molecule has 0 amide bonds. The van der Waals surface area contributed by atoms with Crippen LogP contribution in [0.1, 0.15) is 89.2 Å². The maximum absolute atomic E-state index is 13.9. The van der Waals surface area contributed by atoms with Crippen LogP contribution in [0.15, 0.2) is 23.8 Å². The van der Waals surface area contributed by atoms with Crippen molar-refractivity contribution in [2.24, 2.45) is 5.92 Å². The van der Waals surface area contributed by atoms with Crippen LogP contribution in [0, 0.1) is 5.92 Å². The van der Waals surface area contributed by atoms with Gasteiger partial charge in [0.2, 0.25) is 6.79 Å². The van der Waals surface area contributed by atoms with Gasteiger partial charge in [-0.3, -0.25) is 9.69 Å². The van der Waals surface area contributed by atoms with E-state index in [1.54, 1.807) is 13.8 Å². The molecule has 6 rings (SSSR count). The molecule has 1 aromatic carbocycles. The molecule has 224 valence electrons. The van der Waals surface area contributed by atoms with Crippen LogP contribution >= 0.6 is 0 Å². The van der Waals surface area contributed by atoms with E-state index < -0.39 is 35.7 Å². The second-order valence-electron chi connectivity index (χ2n) is 13.4. The Hall–Kier alpha value is -2.62. The van der Waals surface area contributed by atoms with Crippen LogP contribution in [0.5, 0.6) is 11.5 Å². The third-order valence-corrected chi connectivity index (χ3v) is 9.59. The number of hydrogen-bond donors (Lipinski definition) is 2. The maximum atomic E-state index is 13.9. The lowest BCUT2D eigenvalue weighted by Crippen LogP contribution is -2.49. The highest BCUT2D eigenvalue weighted by Gasteiger charge is 2.57. The number of nitrogens with zero attached hydrogens (tertiary/aromatic N) is 1. The van der Waals surface area contributed by atoms with Gasteiger partial charge in [-0.15, -0.1) is 0 Å². The minimum atomic E-state index is -2.06. The molecule has 1 saturated carbocycles. The first kappa shape index (κ1) is 28.5. The Morgan fingerprint density at radius 2 is 1.88 bits per heavy atom. The van der Waals surface area contributed by atoms with Crippen molar-refractivity contribution in [3.05, 3.63) is 34.9 Å². The van der Waals surface area contributed by atoms with Crippen LogP contribution in [0.3, 0.4) is 0 Å². The highest BCUT2D eigenvalue weighted by atomic mass is 16.7. The molecule has 41 heavy (non-hydrogen) atoms. The van der Waals surface area contributed by atoms with Crippen molar-refractivity contribution in [2.75, 3.05) is 26.5 Å². The maximum Gasteiger partial charge on any atom is 0.339 e. The molecule has 2 fully saturated rings. The average Bonchev–Trinajstić information content (AvgIpc) is 3.41. The van der Waals surface area contributed by atoms with Gasteiger partial charge in [0, 0.05) is 12.5 Å². The summed E-state index contributed by atoms with van der Waals surface area (Å²) in [5.41, 5.74) is -0.136. The Kier molecular flexibility index (Phi) is 7.35. The summed E-state index contributed by atoms with van der Waals surface area (Å²) in [5.74, 6) is 0.204. The Morgan fingerprint density at radius 3 is 2.61 bits per heavy atom. The largest absolute Gasteiger partial charge is 0.465 e. The first-order chi connectivity index (χ1) is 19.5. The lowest BCUT2D eigenvalue weighted by molar-refractivity contribution is -0.178. The first-order valence-corrected chi connectivity index (χ1v) is 15.2. The van der Waals surface area contributed by atoms with Crippen LogP contribution in [-0.2, 0) is 25.5 Å². The van der Waals surface area contributed by atoms with Crippen LogP contribution < -0.4 is 9.47 Å². The van der Waals surface area contributed by atoms with Crippen molar-refractivity contribution in [2.45, 2.75) is 107 Å². The van der Waals surface area contributed by atoms with E-state index in [2.05, 4.69) is 17.0 Å². The van der Waals surface area contributed by atoms with Gasteiger partial charge >= 0.3 is 11.9 Å². The molecule has 9 nitrogen and oxygen atoms in total. The number of rotatable bonds is 10. The summed E-state index contributed by atoms with van der Waals surface area (Å²) in [7, 11) is 0. The van der Waals surface area contributed by atoms with Crippen molar-refractivity contribution in [1.29, 1.82) is 0 Å². The van der Waals surface area contributed by atoms with Crippen LogP contribution in [0.2, 0.25) is 0 Å². The van der Waals surface area contributed by atoms with Gasteiger partial charge in [0.05, 0.1) is 24.2 Å². The quantitative estimate of drug-likeness (QED) is 0.321. The first-order valence-electron chi connectivity index (χ1n) is 15.2. The second kappa shape index (κ2) is 10.6. The molecule has 9 heteroatoms. The number of carbonyl (C=O) groups is 2. The summed E-state index contributed by atoms with van der Waals surface area (Å²) < 4.78 is 23.1. The zero-order valence-electron chi connectivity index (χ0n) is 24.4. The number of ether oxygens (including phenoxy) is 4. The predicted molar refractivity (Wildman–Crippen MR) is 150 cm³/mol. The molecule has 3 aliphatic heterocycles. The summed E-state index contributed by atoms with van der Waals surface area (Å²) in [6.07, 6.45) is 6.78. The molecule has 4 atom stereocenters. The number of benzene rings is 1. The molecule has 0 radical (unpaired) electrons. The van der Waals surface area contributed by atoms with E-state index in [-0.39, 0.29) is 24.7 Å². The highest BCUT2D eigenvalue weighted by molar-refractivity contribution is 5.86. The molecule has 1 spiro atoms. The molecule has 1 aromatic rings. The molecule has 2 unspecified atom stereocenters. The standard InChI is InChI=1S/C32H43NO8/c1-20-16-31-10-5-12-33(31)13-8-22-14-24-25(40-19-39-24)15-23(22)27(31)28(20)41-29(35)32(37,11-4-9-30(2,3)36)17-26(34)38-18-21-6-7-21/h14-16,21,27-28,36-37H,4-13,17-19H2,1-3H3/t27-,28?,31+,32?/m1/s1. The van der Waals surface area contributed by atoms with Crippen LogP contribution in [0.25, 0.3) is 0 Å². The third kappa shape index (κ3) is 5.60. The number of fused-ring (bicyclic) bond motifs is 3. The highest BCUT2D eigenvalue weighted by Crippen LogP contribution is 2.55. The summed E-state index contributed by atoms with van der Waals surface area (Å²) in [5, 5.41) is 21.9. The van der Waals surface area contributed by atoms with Crippen molar-refractivity contribution in [3.63, 3.8) is 0 Å². The average molecular weight is 570 g/mol. The Bertz CT molecular complexity index is 1230. The van der Waals surface area contributed by atoms with Crippen LogP contribution in [-0.4, -0.2) is 76.4 Å². The van der Waals surface area contributed by atoms with E-state index in [0.29, 0.717) is 31.1 Å². The van der Waals surface area contributed by atoms with E-state index in [9.17, 15) is 19.8 Å². The number of aliphatic hydroxyl groups is 2. The fourth-order valence-corrected chi connectivity index (χ4v) is 7.29. The van der Waals surface area contributed by atoms with Gasteiger partial charge in [-0.1, -0.05) is 6.08 Å². The molecule has 2 aliphatic carbocycles. The van der Waals surface area contributed by atoms with Crippen molar-refractivity contribution < 1.29 is 38.7 Å². The molecule has 2 N–H and O–H groups in total. The monoisotopic (exact) mass is 569 g/mol. The summed E-state index contributed by atoms with van der Waals surface area (Å²) in [6.45, 7) is 7.71. The Balaban J connectivity index is 1.29. The molecule has 1 saturated heterocycles. The van der Waals surface area contributed by atoms with Gasteiger partial charge in [-0.2, -0.15) is 0 Å². The van der Waals surface area contributed by atoms with Gasteiger partial charge in [0.15, 0.2) is 17.1 Å². The summed E-state index contributed by atoms with van der Waals surface area (Å²) in [4.78, 5) is 29.2. The van der Waals surface area contributed by atoms with Crippen molar-refractivity contribution in [1.82, 2.24) is 4.90 Å². The molecule has 5 aliphatic rings. The molecule has 3 heterocycles. The summed E-state index contributed by atoms with van der Waals surface area (Å²) in [6, 6.07) is 4.10. The molecule has 0 aromatic heterocycles. The third-order valence-electron chi connectivity index (χ3n) is 9.59. The number of esters is 2. The van der Waals surface area contributed by atoms with Gasteiger partial charge in [0.25, 0.3) is 0 Å². The lowest BCUT2D eigenvalue weighted by Gasteiger charge is -2.40. The Labute approximate surface area is 241 Å². The van der Waals surface area contributed by atoms with Crippen LogP contribution in [0.4, 0.5) is 0 Å². The number of carbonyl (C=O) groups excluding carboxylic acids is 2. The van der Waals surface area contributed by atoms with E-state index in [0.717, 1.165) is 67.6 Å². The van der Waals surface area contributed by atoms with E-state index >= 15 is 0 Å². The zero-order valence-corrected chi connectivity index (χ0v) is 24.4. The SMILES string of the molecule is CC1=C[C@]23CCCN2CCc2cc4c(cc2[C@@H]3C1OC(=O)C(O)(CCCC(C)(C)O)CC(=O)OCC1CC1)OCO4. The van der Waals surface area contributed by atoms with Crippen molar-refractivity contribution in [3.8, 4) is 11.5 Å². The normalized spacial score (nSPS) is 28.2. The topological polar surface area (TPSA) is 115 Å². The second-order valence-corrected chi connectivity index (χ2v) is 13.4. The minimum absolute atomic E-state index is 0.0129. The van der Waals surface area contributed by atoms with Gasteiger partial charge < -0.3 is 29.2 Å². The van der Waals surface area contributed by atoms with Gasteiger partial charge in [-0.25, -0.2) is 4.79 Å². The smallest absolute Gasteiger partial charge is 0.339 e. The van der Waals surface area contributed by atoms with Gasteiger partial charge in [0.1, 0.15) is 6.10 Å². The molecular weight excluding hydrogens is 526 g/mol. The molecule has 0 bridgehead atoms. The van der Waals surface area contributed by atoms with Crippen molar-refractivity contribution >= 4 is 11.9 Å². The van der Waals surface area contributed by atoms with E-state index in [4.69, 9.17) is 18.9 Å². The summed E-state index contributed by atoms with van der Waals surface area (Å²) >= 11 is 0. The fraction of sp³-hybridized carbons (Fsp3) is 0.688. The lowest BCUT2D eigenvalue weighted by atomic mass is 9.77. The molecular formula is C32H43NO8. The minimum Gasteiger partial charge on any atom is -0.465 e. The zero-order chi connectivity index (χ0) is 29.0. The van der Waals surface area contributed by atoms with E-state index in [1.165, 1.54) is 0 Å². The Morgan fingerprint density at radius 1 is 1.12 bits per heavy atom. The van der Waals surface area contributed by atoms with E-state index in [1.807, 2.05) is 13.0 Å². The van der Waals surface area contributed by atoms with Gasteiger partial charge in [-0.05, 0) is 113 Å². The fourth-order valence-electron chi connectivity index (χ4n) is 7.29. The predicted octanol–water partition coefficient (Wildman–Crippen LogP) is 3.78. The number of hydrogen-bond acceptors (Lipinski definition) is 9.